The van der Waals surface area contributed by atoms with E-state index in [0.29, 0.717) is 22.9 Å². The fourth-order valence-corrected chi connectivity index (χ4v) is 2.92. The van der Waals surface area contributed by atoms with Crippen LogP contribution in [0.1, 0.15) is 23.6 Å². The van der Waals surface area contributed by atoms with Gasteiger partial charge < -0.3 is 10.1 Å². The van der Waals surface area contributed by atoms with Crippen LogP contribution in [0.3, 0.4) is 0 Å². The van der Waals surface area contributed by atoms with Crippen molar-refractivity contribution in [2.24, 2.45) is 0 Å². The molecule has 1 heterocycles. The Balaban J connectivity index is 1.66. The minimum Gasteiger partial charge on any atom is -0.495 e. The van der Waals surface area contributed by atoms with Crippen LogP contribution in [0.5, 0.6) is 5.75 Å². The van der Waals surface area contributed by atoms with E-state index >= 15 is 0 Å². The zero-order valence-electron chi connectivity index (χ0n) is 13.6. The van der Waals surface area contributed by atoms with Gasteiger partial charge in [0.2, 0.25) is 5.91 Å². The SMILES string of the molecule is COc1ccc(Cl)cc1NC(=O)C1CC(c2ccc(C)cc2)NN1. The molecule has 1 saturated heterocycles. The number of ether oxygens (including phenoxy) is 1. The molecule has 1 amide bonds. The maximum atomic E-state index is 12.5. The maximum Gasteiger partial charge on any atom is 0.243 e. The Bertz CT molecular complexity index is 734. The fraction of sp³-hybridized carbons (Fsp3) is 0.278. The van der Waals surface area contributed by atoms with Crippen LogP contribution in [0.25, 0.3) is 0 Å². The molecule has 3 N–H and O–H groups in total. The second-order valence-electron chi connectivity index (χ2n) is 5.87. The summed E-state index contributed by atoms with van der Waals surface area (Å²) in [6.07, 6.45) is 0.664. The molecular formula is C18H20ClN3O2. The van der Waals surface area contributed by atoms with E-state index in [-0.39, 0.29) is 18.0 Å². The van der Waals surface area contributed by atoms with Gasteiger partial charge in [-0.3, -0.25) is 4.79 Å². The van der Waals surface area contributed by atoms with E-state index in [1.165, 1.54) is 5.56 Å². The number of hydrogen-bond donors (Lipinski definition) is 3. The van der Waals surface area contributed by atoms with Gasteiger partial charge in [0.1, 0.15) is 11.8 Å². The summed E-state index contributed by atoms with van der Waals surface area (Å²) < 4.78 is 5.26. The molecule has 1 aliphatic heterocycles. The van der Waals surface area contributed by atoms with E-state index in [4.69, 9.17) is 16.3 Å². The first-order valence-corrected chi connectivity index (χ1v) is 8.16. The van der Waals surface area contributed by atoms with Gasteiger partial charge >= 0.3 is 0 Å². The number of carbonyl (C=O) groups is 1. The molecule has 5 nitrogen and oxygen atoms in total. The van der Waals surface area contributed by atoms with Gasteiger partial charge in [-0.1, -0.05) is 41.4 Å². The lowest BCUT2D eigenvalue weighted by Crippen LogP contribution is -2.39. The molecule has 2 unspecified atom stereocenters. The number of benzene rings is 2. The molecule has 24 heavy (non-hydrogen) atoms. The first kappa shape index (κ1) is 16.8. The van der Waals surface area contributed by atoms with E-state index in [2.05, 4.69) is 47.4 Å². The molecule has 3 rings (SSSR count). The number of aryl methyl sites for hydroxylation is 1. The molecule has 0 aromatic heterocycles. The molecule has 0 bridgehead atoms. The summed E-state index contributed by atoms with van der Waals surface area (Å²) in [5, 5.41) is 3.42. The number of rotatable bonds is 4. The summed E-state index contributed by atoms with van der Waals surface area (Å²) in [5.41, 5.74) is 9.17. The number of carbonyl (C=O) groups excluding carboxylic acids is 1. The van der Waals surface area contributed by atoms with Crippen molar-refractivity contribution in [2.75, 3.05) is 12.4 Å². The Labute approximate surface area is 146 Å². The Morgan fingerprint density at radius 1 is 1.21 bits per heavy atom. The number of amides is 1. The highest BCUT2D eigenvalue weighted by Crippen LogP contribution is 2.29. The fourth-order valence-electron chi connectivity index (χ4n) is 2.74. The van der Waals surface area contributed by atoms with Crippen LogP contribution in [-0.2, 0) is 4.79 Å². The van der Waals surface area contributed by atoms with Gasteiger partial charge in [0, 0.05) is 11.1 Å². The minimum atomic E-state index is -0.333. The van der Waals surface area contributed by atoms with E-state index in [1.54, 1.807) is 25.3 Å². The number of methoxy groups -OCH3 is 1. The van der Waals surface area contributed by atoms with Gasteiger partial charge in [-0.2, -0.15) is 0 Å². The Morgan fingerprint density at radius 3 is 2.67 bits per heavy atom. The van der Waals surface area contributed by atoms with Crippen LogP contribution in [0.2, 0.25) is 5.02 Å². The summed E-state index contributed by atoms with van der Waals surface area (Å²) in [7, 11) is 1.56. The molecular weight excluding hydrogens is 326 g/mol. The monoisotopic (exact) mass is 345 g/mol. The highest BCUT2D eigenvalue weighted by molar-refractivity contribution is 6.31. The summed E-state index contributed by atoms with van der Waals surface area (Å²) in [6, 6.07) is 13.2. The Morgan fingerprint density at radius 2 is 1.96 bits per heavy atom. The standard InChI is InChI=1S/C18H20ClN3O2/c1-11-3-5-12(6-4-11)14-10-16(22-21-14)18(23)20-15-9-13(19)7-8-17(15)24-2/h3-9,14,16,21-22H,10H2,1-2H3,(H,20,23). The average molecular weight is 346 g/mol. The third kappa shape index (κ3) is 3.70. The predicted molar refractivity (Wildman–Crippen MR) is 95.2 cm³/mol. The lowest BCUT2D eigenvalue weighted by Gasteiger charge is -2.13. The lowest BCUT2D eigenvalue weighted by atomic mass is 10.0. The molecule has 6 heteroatoms. The third-order valence-electron chi connectivity index (χ3n) is 4.12. The number of nitrogens with one attached hydrogen (secondary N) is 3. The summed E-state index contributed by atoms with van der Waals surface area (Å²) in [4.78, 5) is 12.5. The molecule has 0 spiro atoms. The highest BCUT2D eigenvalue weighted by Gasteiger charge is 2.30. The molecule has 2 aromatic rings. The van der Waals surface area contributed by atoms with E-state index < -0.39 is 0 Å². The summed E-state index contributed by atoms with van der Waals surface area (Å²) >= 11 is 6.00. The van der Waals surface area contributed by atoms with Crippen LogP contribution in [0.15, 0.2) is 42.5 Å². The van der Waals surface area contributed by atoms with Crippen LogP contribution in [-0.4, -0.2) is 19.1 Å². The Hall–Kier alpha value is -2.08. The van der Waals surface area contributed by atoms with Gasteiger partial charge in [-0.25, -0.2) is 10.9 Å². The topological polar surface area (TPSA) is 62.4 Å². The first-order valence-electron chi connectivity index (χ1n) is 7.79. The molecule has 0 saturated carbocycles. The summed E-state index contributed by atoms with van der Waals surface area (Å²) in [6.45, 7) is 2.05. The van der Waals surface area contributed by atoms with Gasteiger partial charge in [0.05, 0.1) is 12.8 Å². The molecule has 0 aliphatic carbocycles. The molecule has 0 radical (unpaired) electrons. The van der Waals surface area contributed by atoms with Gasteiger partial charge in [0.15, 0.2) is 0 Å². The normalized spacial score (nSPS) is 20.0. The summed E-state index contributed by atoms with van der Waals surface area (Å²) in [5.74, 6) is 0.450. The molecule has 2 aromatic carbocycles. The van der Waals surface area contributed by atoms with Gasteiger partial charge in [-0.15, -0.1) is 0 Å². The smallest absolute Gasteiger partial charge is 0.243 e. The molecule has 126 valence electrons. The largest absolute Gasteiger partial charge is 0.495 e. The zero-order chi connectivity index (χ0) is 17.1. The molecule has 2 atom stereocenters. The van der Waals surface area contributed by atoms with Crippen LogP contribution >= 0.6 is 11.6 Å². The molecule has 1 aliphatic rings. The molecule has 1 fully saturated rings. The van der Waals surface area contributed by atoms with Crippen molar-refractivity contribution in [2.45, 2.75) is 25.4 Å². The van der Waals surface area contributed by atoms with Crippen molar-refractivity contribution in [3.8, 4) is 5.75 Å². The van der Waals surface area contributed by atoms with E-state index in [0.717, 1.165) is 5.56 Å². The predicted octanol–water partition coefficient (Wildman–Crippen LogP) is 3.20. The van der Waals surface area contributed by atoms with Crippen molar-refractivity contribution in [3.05, 3.63) is 58.6 Å². The van der Waals surface area contributed by atoms with E-state index in [1.807, 2.05) is 0 Å². The average Bonchev–Trinajstić information content (AvgIpc) is 3.06. The van der Waals surface area contributed by atoms with E-state index in [9.17, 15) is 4.79 Å². The third-order valence-corrected chi connectivity index (χ3v) is 4.35. The minimum absolute atomic E-state index is 0.0996. The second kappa shape index (κ2) is 7.21. The number of hydrogen-bond acceptors (Lipinski definition) is 4. The van der Waals surface area contributed by atoms with Crippen molar-refractivity contribution in [1.82, 2.24) is 10.9 Å². The Kier molecular flexibility index (Phi) is 5.04. The van der Waals surface area contributed by atoms with Crippen LogP contribution in [0.4, 0.5) is 5.69 Å². The number of anilines is 1. The maximum absolute atomic E-state index is 12.5. The lowest BCUT2D eigenvalue weighted by molar-refractivity contribution is -0.117. The number of halogens is 1. The zero-order valence-corrected chi connectivity index (χ0v) is 14.4. The van der Waals surface area contributed by atoms with Crippen molar-refractivity contribution >= 4 is 23.2 Å². The van der Waals surface area contributed by atoms with Crippen molar-refractivity contribution in [3.63, 3.8) is 0 Å². The van der Waals surface area contributed by atoms with Crippen molar-refractivity contribution < 1.29 is 9.53 Å². The van der Waals surface area contributed by atoms with Crippen molar-refractivity contribution in [1.29, 1.82) is 0 Å². The second-order valence-corrected chi connectivity index (χ2v) is 6.31. The first-order chi connectivity index (χ1) is 11.6. The highest BCUT2D eigenvalue weighted by atomic mass is 35.5. The number of hydrazine groups is 1. The van der Waals surface area contributed by atoms with Gasteiger partial charge in [0.25, 0.3) is 0 Å². The van der Waals surface area contributed by atoms with Gasteiger partial charge in [-0.05, 0) is 37.1 Å². The van der Waals surface area contributed by atoms with Crippen LogP contribution in [0, 0.1) is 6.92 Å². The quantitative estimate of drug-likeness (QED) is 0.796. The van der Waals surface area contributed by atoms with Crippen LogP contribution < -0.4 is 20.9 Å².